The molecule has 0 amide bonds. The van der Waals surface area contributed by atoms with Crippen LogP contribution in [0.3, 0.4) is 0 Å². The lowest BCUT2D eigenvalue weighted by molar-refractivity contribution is -0.137. The molecule has 0 aliphatic heterocycles. The van der Waals surface area contributed by atoms with Crippen molar-refractivity contribution in [1.29, 1.82) is 0 Å². The Kier molecular flexibility index (Phi) is 5.82. The van der Waals surface area contributed by atoms with Gasteiger partial charge in [0.25, 0.3) is 0 Å². The van der Waals surface area contributed by atoms with E-state index in [4.69, 9.17) is 4.74 Å². The summed E-state index contributed by atoms with van der Waals surface area (Å²) in [5, 5.41) is 8.41. The molecule has 0 saturated heterocycles. The highest BCUT2D eigenvalue weighted by atomic mass is 19.4. The van der Waals surface area contributed by atoms with E-state index in [1.54, 1.807) is 0 Å². The molecule has 1 aromatic heterocycles. The van der Waals surface area contributed by atoms with E-state index in [0.717, 1.165) is 49.9 Å². The summed E-state index contributed by atoms with van der Waals surface area (Å²) in [7, 11) is 1.84. The van der Waals surface area contributed by atoms with E-state index in [-0.39, 0.29) is 18.3 Å². The van der Waals surface area contributed by atoms with E-state index in [9.17, 15) is 18.0 Å². The number of hydrogen-bond donors (Lipinski definition) is 0. The molecule has 1 aromatic carbocycles. The maximum atomic E-state index is 12.8. The molecule has 0 radical (unpaired) electrons. The molecule has 1 aliphatic rings. The Morgan fingerprint density at radius 2 is 1.96 bits per heavy atom. The van der Waals surface area contributed by atoms with Crippen LogP contribution in [0.25, 0.3) is 0 Å². The van der Waals surface area contributed by atoms with Gasteiger partial charge in [0.2, 0.25) is 0 Å². The average molecular weight is 381 g/mol. The summed E-state index contributed by atoms with van der Waals surface area (Å²) in [4.78, 5) is 10.6. The van der Waals surface area contributed by atoms with Crippen LogP contribution in [0.15, 0.2) is 24.3 Å². The van der Waals surface area contributed by atoms with Gasteiger partial charge in [-0.3, -0.25) is 0 Å². The van der Waals surface area contributed by atoms with Crippen molar-refractivity contribution in [3.8, 4) is 5.75 Å². The van der Waals surface area contributed by atoms with E-state index in [2.05, 4.69) is 10.2 Å². The Morgan fingerprint density at radius 3 is 2.63 bits per heavy atom. The molecule has 0 unspecified atom stereocenters. The number of halogens is 3. The smallest absolute Gasteiger partial charge is 0.416 e. The Hall–Kier alpha value is -2.38. The number of hydrogen-bond acceptors (Lipinski definition) is 4. The van der Waals surface area contributed by atoms with Gasteiger partial charge in [-0.25, -0.2) is 0 Å². The van der Waals surface area contributed by atoms with Crippen LogP contribution in [-0.2, 0) is 24.6 Å². The number of alkyl halides is 3. The molecular formula is C19H22F3N3O2. The molecule has 146 valence electrons. The Balaban J connectivity index is 1.62. The average Bonchev–Trinajstić information content (AvgIpc) is 3.01. The second-order valence-corrected chi connectivity index (χ2v) is 6.97. The minimum absolute atomic E-state index is 0.0469. The molecule has 3 rings (SSSR count). The van der Waals surface area contributed by atoms with E-state index < -0.39 is 11.7 Å². The lowest BCUT2D eigenvalue weighted by Crippen LogP contribution is -2.17. The number of ether oxygens (including phenoxy) is 1. The highest BCUT2D eigenvalue weighted by molar-refractivity contribution is 5.49. The highest BCUT2D eigenvalue weighted by Gasteiger charge is 2.30. The first-order valence-electron chi connectivity index (χ1n) is 9.00. The Morgan fingerprint density at radius 1 is 1.22 bits per heavy atom. The Bertz CT molecular complexity index is 781. The van der Waals surface area contributed by atoms with Crippen LogP contribution < -0.4 is 4.74 Å². The molecule has 1 aliphatic carbocycles. The van der Waals surface area contributed by atoms with Gasteiger partial charge in [0.15, 0.2) is 5.82 Å². The summed E-state index contributed by atoms with van der Waals surface area (Å²) in [6.07, 6.45) is 1.09. The summed E-state index contributed by atoms with van der Waals surface area (Å²) < 4.78 is 45.7. The van der Waals surface area contributed by atoms with Crippen LogP contribution in [-0.4, -0.2) is 21.1 Å². The summed E-state index contributed by atoms with van der Waals surface area (Å²) >= 11 is 0. The number of carbonyl (C=O) groups excluding carboxylic acids is 1. The lowest BCUT2D eigenvalue weighted by atomic mass is 9.80. The molecule has 0 atom stereocenters. The van der Waals surface area contributed by atoms with Crippen molar-refractivity contribution in [3.05, 3.63) is 41.5 Å². The fourth-order valence-electron chi connectivity index (χ4n) is 3.56. The van der Waals surface area contributed by atoms with Crippen LogP contribution in [0, 0.1) is 5.92 Å². The van der Waals surface area contributed by atoms with Crippen LogP contribution in [0.2, 0.25) is 0 Å². The molecule has 1 fully saturated rings. The van der Waals surface area contributed by atoms with E-state index >= 15 is 0 Å². The van der Waals surface area contributed by atoms with Crippen LogP contribution in [0.1, 0.15) is 55.2 Å². The van der Waals surface area contributed by atoms with Gasteiger partial charge in [-0.15, -0.1) is 10.2 Å². The SMILES string of the molecule is Cn1c(COc2cccc(C(F)(F)F)c2)nnc1[C@H]1CC[C@H](CC=O)CC1. The molecule has 1 saturated carbocycles. The number of carbonyl (C=O) groups is 1. The first-order chi connectivity index (χ1) is 12.9. The standard InChI is InChI=1S/C19H22F3N3O2/c1-25-17(12-27-16-4-2-3-15(11-16)19(20,21)22)23-24-18(25)14-7-5-13(6-8-14)9-10-26/h2-4,10-11,13-14H,5-9,12H2,1H3/t13-,14-. The number of nitrogens with zero attached hydrogens (tertiary/aromatic N) is 3. The fourth-order valence-corrected chi connectivity index (χ4v) is 3.56. The molecule has 2 aromatic rings. The molecule has 5 nitrogen and oxygen atoms in total. The fraction of sp³-hybridized carbons (Fsp3) is 0.526. The third-order valence-electron chi connectivity index (χ3n) is 5.17. The van der Waals surface area contributed by atoms with Gasteiger partial charge in [-0.1, -0.05) is 6.07 Å². The predicted octanol–water partition coefficient (Wildman–Crippen LogP) is 4.28. The zero-order valence-electron chi connectivity index (χ0n) is 15.1. The van der Waals surface area contributed by atoms with Crippen LogP contribution in [0.5, 0.6) is 5.75 Å². The third-order valence-corrected chi connectivity index (χ3v) is 5.17. The minimum atomic E-state index is -4.40. The quantitative estimate of drug-likeness (QED) is 0.701. The summed E-state index contributed by atoms with van der Waals surface area (Å²) in [5.41, 5.74) is -0.745. The Labute approximate surface area is 155 Å². The normalized spacial score (nSPS) is 20.4. The van der Waals surface area contributed by atoms with Gasteiger partial charge in [0, 0.05) is 19.4 Å². The second-order valence-electron chi connectivity index (χ2n) is 6.97. The zero-order valence-corrected chi connectivity index (χ0v) is 15.1. The molecular weight excluding hydrogens is 359 g/mol. The van der Waals surface area contributed by atoms with Crippen molar-refractivity contribution in [2.75, 3.05) is 0 Å². The number of aldehydes is 1. The molecule has 0 N–H and O–H groups in total. The maximum absolute atomic E-state index is 12.8. The largest absolute Gasteiger partial charge is 0.486 e. The van der Waals surface area contributed by atoms with Gasteiger partial charge in [-0.05, 0) is 49.8 Å². The first kappa shape index (κ1) is 19.4. The van der Waals surface area contributed by atoms with E-state index in [1.165, 1.54) is 12.1 Å². The van der Waals surface area contributed by atoms with Gasteiger partial charge in [0.1, 0.15) is 24.5 Å². The van der Waals surface area contributed by atoms with Crippen LogP contribution >= 0.6 is 0 Å². The number of aromatic nitrogens is 3. The van der Waals surface area contributed by atoms with Crippen LogP contribution in [0.4, 0.5) is 13.2 Å². The minimum Gasteiger partial charge on any atom is -0.486 e. The molecule has 8 heteroatoms. The van der Waals surface area contributed by atoms with Crippen molar-refractivity contribution in [3.63, 3.8) is 0 Å². The molecule has 0 bridgehead atoms. The zero-order chi connectivity index (χ0) is 19.4. The van der Waals surface area contributed by atoms with Gasteiger partial charge in [-0.2, -0.15) is 13.2 Å². The van der Waals surface area contributed by atoms with Gasteiger partial charge < -0.3 is 14.1 Å². The molecule has 27 heavy (non-hydrogen) atoms. The van der Waals surface area contributed by atoms with Gasteiger partial charge in [0.05, 0.1) is 5.56 Å². The van der Waals surface area contributed by atoms with Crippen molar-refractivity contribution in [2.24, 2.45) is 13.0 Å². The predicted molar refractivity (Wildman–Crippen MR) is 92.2 cm³/mol. The topological polar surface area (TPSA) is 57.0 Å². The van der Waals surface area contributed by atoms with Crippen molar-refractivity contribution < 1.29 is 22.7 Å². The lowest BCUT2D eigenvalue weighted by Gasteiger charge is -2.26. The monoisotopic (exact) mass is 381 g/mol. The van der Waals surface area contributed by atoms with E-state index in [1.807, 2.05) is 11.6 Å². The molecule has 1 heterocycles. The van der Waals surface area contributed by atoms with E-state index in [0.29, 0.717) is 18.2 Å². The second kappa shape index (κ2) is 8.10. The summed E-state index contributed by atoms with van der Waals surface area (Å²) in [6.45, 7) is 0.0469. The highest BCUT2D eigenvalue weighted by Crippen LogP contribution is 2.36. The number of rotatable bonds is 6. The van der Waals surface area contributed by atoms with Gasteiger partial charge >= 0.3 is 6.18 Å². The molecule has 0 spiro atoms. The first-order valence-corrected chi connectivity index (χ1v) is 9.00. The third kappa shape index (κ3) is 4.67. The maximum Gasteiger partial charge on any atom is 0.416 e. The van der Waals surface area contributed by atoms with Crippen molar-refractivity contribution in [1.82, 2.24) is 14.8 Å². The number of benzene rings is 1. The summed E-state index contributed by atoms with van der Waals surface area (Å²) in [5.74, 6) is 2.31. The van der Waals surface area contributed by atoms with Crippen molar-refractivity contribution >= 4 is 6.29 Å². The van der Waals surface area contributed by atoms with Crippen molar-refractivity contribution in [2.45, 2.75) is 50.8 Å². The summed E-state index contributed by atoms with van der Waals surface area (Å²) in [6, 6.07) is 4.79.